The van der Waals surface area contributed by atoms with Crippen LogP contribution < -0.4 is 19.1 Å². The molecule has 3 aromatic rings. The lowest BCUT2D eigenvalue weighted by Gasteiger charge is -2.26. The molecular weight excluding hydrogens is 452 g/mol. The van der Waals surface area contributed by atoms with Gasteiger partial charge in [0, 0.05) is 6.07 Å². The average Bonchev–Trinajstić information content (AvgIpc) is 2.86. The Morgan fingerprint density at radius 1 is 0.941 bits per heavy atom. The molecule has 0 radical (unpaired) electrons. The van der Waals surface area contributed by atoms with Crippen LogP contribution in [0.25, 0.3) is 0 Å². The van der Waals surface area contributed by atoms with Crippen molar-refractivity contribution in [2.75, 3.05) is 25.1 Å². The molecule has 8 heteroatoms. The zero-order valence-corrected chi connectivity index (χ0v) is 20.6. The second-order valence-corrected chi connectivity index (χ2v) is 9.67. The number of nitrogens with one attached hydrogen (secondary N) is 1. The highest BCUT2D eigenvalue weighted by Crippen LogP contribution is 2.33. The van der Waals surface area contributed by atoms with E-state index in [1.165, 1.54) is 26.4 Å². The van der Waals surface area contributed by atoms with Gasteiger partial charge in [-0.3, -0.25) is 9.10 Å². The number of nitrogens with zero attached hydrogens (tertiary/aromatic N) is 1. The molecule has 0 aliphatic carbocycles. The molecule has 0 spiro atoms. The van der Waals surface area contributed by atoms with E-state index in [-0.39, 0.29) is 10.9 Å². The molecule has 1 N–H and O–H groups in total. The van der Waals surface area contributed by atoms with Gasteiger partial charge in [-0.05, 0) is 43.2 Å². The third-order valence-electron chi connectivity index (χ3n) is 5.50. The van der Waals surface area contributed by atoms with Crippen LogP contribution in [0.4, 0.5) is 5.69 Å². The van der Waals surface area contributed by atoms with E-state index in [0.29, 0.717) is 23.6 Å². The van der Waals surface area contributed by atoms with E-state index < -0.39 is 22.5 Å². The Morgan fingerprint density at radius 3 is 2.18 bits per heavy atom. The fourth-order valence-electron chi connectivity index (χ4n) is 3.61. The molecule has 0 heterocycles. The van der Waals surface area contributed by atoms with Gasteiger partial charge in [-0.2, -0.15) is 0 Å². The van der Waals surface area contributed by atoms with Crippen molar-refractivity contribution in [2.45, 2.75) is 31.2 Å². The number of methoxy groups -OCH3 is 2. The van der Waals surface area contributed by atoms with Crippen molar-refractivity contribution >= 4 is 21.6 Å². The van der Waals surface area contributed by atoms with Crippen LogP contribution in [0.2, 0.25) is 0 Å². The van der Waals surface area contributed by atoms with Crippen molar-refractivity contribution < 1.29 is 22.7 Å². The lowest BCUT2D eigenvalue weighted by molar-refractivity contribution is -0.120. The van der Waals surface area contributed by atoms with Gasteiger partial charge in [0.1, 0.15) is 6.54 Å². The molecule has 7 nitrogen and oxygen atoms in total. The Balaban J connectivity index is 1.95. The van der Waals surface area contributed by atoms with Gasteiger partial charge < -0.3 is 14.8 Å². The van der Waals surface area contributed by atoms with Crippen LogP contribution >= 0.6 is 0 Å². The summed E-state index contributed by atoms with van der Waals surface area (Å²) in [6.07, 6.45) is 0.663. The Labute approximate surface area is 201 Å². The van der Waals surface area contributed by atoms with Crippen LogP contribution in [-0.2, 0) is 14.8 Å². The van der Waals surface area contributed by atoms with E-state index in [4.69, 9.17) is 9.47 Å². The van der Waals surface area contributed by atoms with Crippen LogP contribution in [0.15, 0.2) is 77.7 Å². The summed E-state index contributed by atoms with van der Waals surface area (Å²) in [5, 5.41) is 2.98. The van der Waals surface area contributed by atoms with Gasteiger partial charge in [-0.25, -0.2) is 8.42 Å². The van der Waals surface area contributed by atoms with Crippen LogP contribution in [0.3, 0.4) is 0 Å². The smallest absolute Gasteiger partial charge is 0.264 e. The predicted octanol–water partition coefficient (Wildman–Crippen LogP) is 4.48. The lowest BCUT2D eigenvalue weighted by atomic mass is 10.0. The zero-order chi connectivity index (χ0) is 24.7. The van der Waals surface area contributed by atoms with Crippen molar-refractivity contribution in [1.29, 1.82) is 0 Å². The third-order valence-corrected chi connectivity index (χ3v) is 7.28. The number of carbonyl (C=O) groups excluding carboxylic acids is 1. The van der Waals surface area contributed by atoms with Crippen molar-refractivity contribution in [3.8, 4) is 11.5 Å². The number of rotatable bonds is 10. The van der Waals surface area contributed by atoms with E-state index in [2.05, 4.69) is 5.32 Å². The molecule has 3 aromatic carbocycles. The number of hydrogen-bond acceptors (Lipinski definition) is 5. The van der Waals surface area contributed by atoms with Crippen molar-refractivity contribution in [3.05, 3.63) is 83.9 Å². The lowest BCUT2D eigenvalue weighted by Crippen LogP contribution is -2.42. The summed E-state index contributed by atoms with van der Waals surface area (Å²) in [7, 11) is -1.06. The van der Waals surface area contributed by atoms with Gasteiger partial charge in [0.2, 0.25) is 5.91 Å². The topological polar surface area (TPSA) is 84.9 Å². The Bertz CT molecular complexity index is 1210. The van der Waals surface area contributed by atoms with Gasteiger partial charge in [0.25, 0.3) is 10.0 Å². The molecule has 0 aliphatic rings. The molecule has 1 unspecified atom stereocenters. The maximum absolute atomic E-state index is 13.6. The van der Waals surface area contributed by atoms with Crippen LogP contribution in [-0.4, -0.2) is 35.1 Å². The van der Waals surface area contributed by atoms with Gasteiger partial charge in [0.15, 0.2) is 11.5 Å². The van der Waals surface area contributed by atoms with Crippen LogP contribution in [0.5, 0.6) is 11.5 Å². The van der Waals surface area contributed by atoms with Gasteiger partial charge in [-0.15, -0.1) is 0 Å². The molecule has 1 atom stereocenters. The first-order chi connectivity index (χ1) is 16.3. The minimum atomic E-state index is -4.03. The molecule has 0 aromatic heterocycles. The quantitative estimate of drug-likeness (QED) is 0.461. The molecule has 0 saturated carbocycles. The first kappa shape index (κ1) is 25.1. The summed E-state index contributed by atoms with van der Waals surface area (Å²) >= 11 is 0. The standard InChI is InChI=1S/C26H30N2O5S/c1-5-23(20-13-11-19(2)12-14-20)27-26(29)18-28(34(30,31)22-9-7-6-8-10-22)21-15-16-24(32-3)25(17-21)33-4/h6-17,23H,5,18H2,1-4H3,(H,27,29). The zero-order valence-electron chi connectivity index (χ0n) is 19.8. The third kappa shape index (κ3) is 5.69. The van der Waals surface area contributed by atoms with E-state index >= 15 is 0 Å². The van der Waals surface area contributed by atoms with E-state index in [1.54, 1.807) is 36.4 Å². The molecule has 1 amide bonds. The average molecular weight is 483 g/mol. The highest BCUT2D eigenvalue weighted by Gasteiger charge is 2.28. The highest BCUT2D eigenvalue weighted by molar-refractivity contribution is 7.92. The normalized spacial score (nSPS) is 12.0. The molecule has 3 rings (SSSR count). The number of hydrogen-bond donors (Lipinski definition) is 1. The number of sulfonamides is 1. The van der Waals surface area contributed by atoms with E-state index in [9.17, 15) is 13.2 Å². The van der Waals surface area contributed by atoms with E-state index in [1.807, 2.05) is 38.1 Å². The Hall–Kier alpha value is -3.52. The predicted molar refractivity (Wildman–Crippen MR) is 133 cm³/mol. The fourth-order valence-corrected chi connectivity index (χ4v) is 5.04. The number of carbonyl (C=O) groups is 1. The Morgan fingerprint density at radius 2 is 1.59 bits per heavy atom. The van der Waals surface area contributed by atoms with Crippen molar-refractivity contribution in [2.24, 2.45) is 0 Å². The van der Waals surface area contributed by atoms with Gasteiger partial charge in [0.05, 0.1) is 30.8 Å². The summed E-state index contributed by atoms with van der Waals surface area (Å²) in [6, 6.07) is 20.4. The largest absolute Gasteiger partial charge is 0.493 e. The second kappa shape index (κ2) is 11.1. The minimum Gasteiger partial charge on any atom is -0.493 e. The van der Waals surface area contributed by atoms with Crippen LogP contribution in [0, 0.1) is 6.92 Å². The Kier molecular flexibility index (Phi) is 8.17. The molecule has 0 saturated heterocycles. The maximum atomic E-state index is 13.6. The first-order valence-corrected chi connectivity index (χ1v) is 12.4. The first-order valence-electron chi connectivity index (χ1n) is 11.0. The maximum Gasteiger partial charge on any atom is 0.264 e. The monoisotopic (exact) mass is 482 g/mol. The number of amides is 1. The molecule has 180 valence electrons. The number of aryl methyl sites for hydroxylation is 1. The highest BCUT2D eigenvalue weighted by atomic mass is 32.2. The summed E-state index contributed by atoms with van der Waals surface area (Å²) in [6.45, 7) is 3.57. The molecule has 34 heavy (non-hydrogen) atoms. The van der Waals surface area contributed by atoms with Crippen molar-refractivity contribution in [3.63, 3.8) is 0 Å². The van der Waals surface area contributed by atoms with Crippen molar-refractivity contribution in [1.82, 2.24) is 5.32 Å². The fraction of sp³-hybridized carbons (Fsp3) is 0.269. The number of benzene rings is 3. The second-order valence-electron chi connectivity index (χ2n) is 7.80. The summed E-state index contributed by atoms with van der Waals surface area (Å²) < 4.78 is 38.8. The van der Waals surface area contributed by atoms with E-state index in [0.717, 1.165) is 15.4 Å². The summed E-state index contributed by atoms with van der Waals surface area (Å²) in [5.41, 5.74) is 2.38. The van der Waals surface area contributed by atoms with Gasteiger partial charge >= 0.3 is 0 Å². The minimum absolute atomic E-state index is 0.0863. The molecule has 0 fully saturated rings. The molecule has 0 bridgehead atoms. The molecule has 0 aliphatic heterocycles. The van der Waals surface area contributed by atoms with Crippen LogP contribution in [0.1, 0.15) is 30.5 Å². The number of ether oxygens (including phenoxy) is 2. The number of anilines is 1. The SMILES string of the molecule is CCC(NC(=O)CN(c1ccc(OC)c(OC)c1)S(=O)(=O)c1ccccc1)c1ccc(C)cc1. The molecular formula is C26H30N2O5S. The van der Waals surface area contributed by atoms with Gasteiger partial charge in [-0.1, -0.05) is 55.0 Å². The summed E-state index contributed by atoms with van der Waals surface area (Å²) in [4.78, 5) is 13.2. The summed E-state index contributed by atoms with van der Waals surface area (Å²) in [5.74, 6) is 0.402.